The monoisotopic (exact) mass is 554 g/mol. The molecule has 2 amide bonds. The summed E-state index contributed by atoms with van der Waals surface area (Å²) < 4.78 is 55.6. The summed E-state index contributed by atoms with van der Waals surface area (Å²) >= 11 is 0. The van der Waals surface area contributed by atoms with Gasteiger partial charge in [0.2, 0.25) is 5.91 Å². The zero-order chi connectivity index (χ0) is 29.0. The third-order valence-corrected chi connectivity index (χ3v) is 5.51. The van der Waals surface area contributed by atoms with E-state index in [0.29, 0.717) is 0 Å². The molecular weight excluding hydrogens is 529 g/mol. The second kappa shape index (κ2) is 11.9. The summed E-state index contributed by atoms with van der Waals surface area (Å²) in [5.74, 6) is -2.69. The first-order chi connectivity index (χ1) is 19.0. The lowest BCUT2D eigenvalue weighted by Crippen LogP contribution is -2.36. The molecule has 2 aromatic heterocycles. The number of nitrogens with zero attached hydrogens (tertiary/aromatic N) is 2. The van der Waals surface area contributed by atoms with Gasteiger partial charge in [0.25, 0.3) is 11.5 Å². The van der Waals surface area contributed by atoms with Crippen molar-refractivity contribution in [2.45, 2.75) is 39.2 Å². The van der Waals surface area contributed by atoms with Gasteiger partial charge in [-0.15, -0.1) is 0 Å². The predicted octanol–water partition coefficient (Wildman–Crippen LogP) is 4.38. The normalized spacial score (nSPS) is 16.6. The number of pyridine rings is 2. The SMILES string of the molecule is CC(=O)Nc1cc(OC2C=C(F)C(NC(=O)c3c(OC(C)C)ccn(-c4ccc(F)cc4)c3=O)=CC2F)ccn1. The topological polar surface area (TPSA) is 112 Å². The number of allylic oxidation sites excluding steroid dienone is 1. The number of rotatable bonds is 8. The summed E-state index contributed by atoms with van der Waals surface area (Å²) in [4.78, 5) is 41.7. The first-order valence-electron chi connectivity index (χ1n) is 12.2. The van der Waals surface area contributed by atoms with Gasteiger partial charge in [-0.1, -0.05) is 0 Å². The number of hydrogen-bond acceptors (Lipinski definition) is 6. The molecule has 0 saturated carbocycles. The fourth-order valence-corrected chi connectivity index (χ4v) is 3.82. The van der Waals surface area contributed by atoms with Gasteiger partial charge in [0.1, 0.15) is 34.5 Å². The highest BCUT2D eigenvalue weighted by Gasteiger charge is 2.29. The summed E-state index contributed by atoms with van der Waals surface area (Å²) in [5.41, 5.74) is -1.49. The Hall–Kier alpha value is -4.87. The third-order valence-electron chi connectivity index (χ3n) is 5.51. The Balaban J connectivity index is 1.58. The van der Waals surface area contributed by atoms with Gasteiger partial charge in [-0.25, -0.2) is 18.2 Å². The van der Waals surface area contributed by atoms with Gasteiger partial charge in [-0.2, -0.15) is 0 Å². The van der Waals surface area contributed by atoms with Crippen LogP contribution in [0.5, 0.6) is 11.5 Å². The molecule has 0 saturated heterocycles. The number of amides is 2. The smallest absolute Gasteiger partial charge is 0.271 e. The summed E-state index contributed by atoms with van der Waals surface area (Å²) in [5, 5.41) is 4.70. The fraction of sp³-hybridized carbons (Fsp3) is 0.214. The lowest BCUT2D eigenvalue weighted by Gasteiger charge is -2.23. The molecule has 0 fully saturated rings. The molecular formula is C28H25F3N4O5. The van der Waals surface area contributed by atoms with Gasteiger partial charge in [0.05, 0.1) is 11.8 Å². The largest absolute Gasteiger partial charge is 0.490 e. The van der Waals surface area contributed by atoms with Crippen molar-refractivity contribution in [2.75, 3.05) is 5.32 Å². The van der Waals surface area contributed by atoms with Crippen molar-refractivity contribution < 1.29 is 32.2 Å². The molecule has 2 N–H and O–H groups in total. The molecule has 2 atom stereocenters. The van der Waals surface area contributed by atoms with Crippen LogP contribution in [0.1, 0.15) is 31.1 Å². The van der Waals surface area contributed by atoms with E-state index in [1.54, 1.807) is 13.8 Å². The number of halogens is 3. The van der Waals surface area contributed by atoms with Crippen LogP contribution in [0, 0.1) is 5.82 Å². The van der Waals surface area contributed by atoms with E-state index < -0.39 is 52.8 Å². The van der Waals surface area contributed by atoms with E-state index >= 15 is 4.39 Å². The molecule has 40 heavy (non-hydrogen) atoms. The maximum Gasteiger partial charge on any atom is 0.271 e. The van der Waals surface area contributed by atoms with Crippen LogP contribution >= 0.6 is 0 Å². The van der Waals surface area contributed by atoms with Crippen molar-refractivity contribution in [1.82, 2.24) is 14.9 Å². The molecule has 9 nitrogen and oxygen atoms in total. The van der Waals surface area contributed by atoms with Crippen LogP contribution < -0.4 is 25.7 Å². The number of hydrogen-bond donors (Lipinski definition) is 2. The average Bonchev–Trinajstić information content (AvgIpc) is 2.87. The van der Waals surface area contributed by atoms with E-state index in [1.165, 1.54) is 49.6 Å². The van der Waals surface area contributed by atoms with Crippen molar-refractivity contribution in [3.05, 3.63) is 100 Å². The van der Waals surface area contributed by atoms with Crippen molar-refractivity contribution in [3.63, 3.8) is 0 Å². The van der Waals surface area contributed by atoms with Crippen LogP contribution in [0.4, 0.5) is 19.0 Å². The minimum absolute atomic E-state index is 0.0673. The Morgan fingerprint density at radius 3 is 2.45 bits per heavy atom. The van der Waals surface area contributed by atoms with Crippen LogP contribution in [-0.4, -0.2) is 39.7 Å². The third kappa shape index (κ3) is 6.57. The van der Waals surface area contributed by atoms with E-state index in [4.69, 9.17) is 9.47 Å². The van der Waals surface area contributed by atoms with Gasteiger partial charge in [0, 0.05) is 31.1 Å². The first kappa shape index (κ1) is 28.1. The number of ether oxygens (including phenoxy) is 2. The van der Waals surface area contributed by atoms with Gasteiger partial charge in [-0.3, -0.25) is 19.0 Å². The lowest BCUT2D eigenvalue weighted by molar-refractivity contribution is -0.114. The molecule has 0 aliphatic heterocycles. The van der Waals surface area contributed by atoms with Crippen molar-refractivity contribution in [2.24, 2.45) is 0 Å². The summed E-state index contributed by atoms with van der Waals surface area (Å²) in [6.45, 7) is 4.67. The van der Waals surface area contributed by atoms with Crippen LogP contribution in [-0.2, 0) is 4.79 Å². The van der Waals surface area contributed by atoms with E-state index in [9.17, 15) is 23.2 Å². The molecule has 208 valence electrons. The highest BCUT2D eigenvalue weighted by Crippen LogP contribution is 2.27. The predicted molar refractivity (Wildman–Crippen MR) is 140 cm³/mol. The molecule has 1 aromatic carbocycles. The van der Waals surface area contributed by atoms with Crippen LogP contribution in [0.3, 0.4) is 0 Å². The second-order valence-corrected chi connectivity index (χ2v) is 9.01. The molecule has 2 unspecified atom stereocenters. The van der Waals surface area contributed by atoms with Gasteiger partial charge >= 0.3 is 0 Å². The van der Waals surface area contributed by atoms with Gasteiger partial charge in [0.15, 0.2) is 12.3 Å². The number of alkyl halides is 1. The van der Waals surface area contributed by atoms with Crippen molar-refractivity contribution in [1.29, 1.82) is 0 Å². The molecule has 0 bridgehead atoms. The number of benzene rings is 1. The minimum atomic E-state index is -1.88. The fourth-order valence-electron chi connectivity index (χ4n) is 3.82. The Kier molecular flexibility index (Phi) is 8.37. The zero-order valence-electron chi connectivity index (χ0n) is 21.7. The molecule has 1 aliphatic rings. The molecule has 3 aromatic rings. The van der Waals surface area contributed by atoms with Crippen LogP contribution in [0.15, 0.2) is 83.3 Å². The van der Waals surface area contributed by atoms with Gasteiger partial charge < -0.3 is 20.1 Å². The standard InChI is InChI=1S/C28H25F3N4O5/c1-15(2)39-23-9-11-35(18-6-4-17(29)5-7-18)28(38)26(23)27(37)34-22-13-21(31)24(14-20(22)30)40-19-8-10-32-25(12-19)33-16(3)36/h4-15,21,24H,1-3H3,(H,34,37)(H,32,33,36). The highest BCUT2D eigenvalue weighted by molar-refractivity contribution is 5.98. The molecule has 2 heterocycles. The van der Waals surface area contributed by atoms with Crippen molar-refractivity contribution in [3.8, 4) is 17.2 Å². The summed E-state index contributed by atoms with van der Waals surface area (Å²) in [6, 6.07) is 9.14. The molecule has 0 radical (unpaired) electrons. The Labute approximate surface area is 226 Å². The Morgan fingerprint density at radius 2 is 1.77 bits per heavy atom. The number of nitrogens with one attached hydrogen (secondary N) is 2. The molecule has 1 aliphatic carbocycles. The number of anilines is 1. The van der Waals surface area contributed by atoms with E-state index in [1.807, 2.05) is 0 Å². The average molecular weight is 555 g/mol. The maximum atomic E-state index is 15.0. The number of aromatic nitrogens is 2. The maximum absolute atomic E-state index is 15.0. The first-order valence-corrected chi connectivity index (χ1v) is 12.2. The highest BCUT2D eigenvalue weighted by atomic mass is 19.1. The van der Waals surface area contributed by atoms with Crippen LogP contribution in [0.25, 0.3) is 5.69 Å². The molecule has 4 rings (SSSR count). The summed E-state index contributed by atoms with van der Waals surface area (Å²) in [7, 11) is 0. The quantitative estimate of drug-likeness (QED) is 0.428. The number of carbonyl (C=O) groups excluding carboxylic acids is 2. The Morgan fingerprint density at radius 1 is 1.05 bits per heavy atom. The van der Waals surface area contributed by atoms with Crippen LogP contribution in [0.2, 0.25) is 0 Å². The van der Waals surface area contributed by atoms with E-state index in [-0.39, 0.29) is 28.9 Å². The lowest BCUT2D eigenvalue weighted by atomic mass is 10.1. The van der Waals surface area contributed by atoms with E-state index in [2.05, 4.69) is 15.6 Å². The molecule has 12 heteroatoms. The number of carbonyl (C=O) groups is 2. The minimum Gasteiger partial charge on any atom is -0.490 e. The second-order valence-electron chi connectivity index (χ2n) is 9.01. The van der Waals surface area contributed by atoms with E-state index in [0.717, 1.165) is 28.9 Å². The van der Waals surface area contributed by atoms with Gasteiger partial charge in [-0.05, 0) is 62.4 Å². The zero-order valence-corrected chi connectivity index (χ0v) is 21.7. The summed E-state index contributed by atoms with van der Waals surface area (Å²) in [6.07, 6.45) is 0.662. The Bertz CT molecular complexity index is 1550. The molecule has 0 spiro atoms. The van der Waals surface area contributed by atoms with Crippen molar-refractivity contribution >= 4 is 17.6 Å².